The van der Waals surface area contributed by atoms with Gasteiger partial charge in [-0.15, -0.1) is 0 Å². The maximum Gasteiger partial charge on any atom is 0.228 e. The summed E-state index contributed by atoms with van der Waals surface area (Å²) < 4.78 is 0. The van der Waals surface area contributed by atoms with E-state index >= 15 is 0 Å². The monoisotopic (exact) mass is 258 g/mol. The van der Waals surface area contributed by atoms with E-state index in [9.17, 15) is 4.79 Å². The van der Waals surface area contributed by atoms with Crippen molar-refractivity contribution in [1.82, 2.24) is 5.32 Å². The van der Waals surface area contributed by atoms with Crippen LogP contribution < -0.4 is 10.6 Å². The van der Waals surface area contributed by atoms with Crippen molar-refractivity contribution in [3.8, 4) is 0 Å². The number of carbonyl (C=O) groups is 1. The quantitative estimate of drug-likeness (QED) is 0.852. The summed E-state index contributed by atoms with van der Waals surface area (Å²) in [7, 11) is 0. The predicted molar refractivity (Wildman–Crippen MR) is 76.8 cm³/mol. The van der Waals surface area contributed by atoms with Crippen LogP contribution in [0.3, 0.4) is 0 Å². The molecule has 2 unspecified atom stereocenters. The van der Waals surface area contributed by atoms with Crippen molar-refractivity contribution < 1.29 is 4.79 Å². The van der Waals surface area contributed by atoms with Crippen molar-refractivity contribution in [2.45, 2.75) is 32.7 Å². The highest BCUT2D eigenvalue weighted by molar-refractivity contribution is 5.95. The third kappa shape index (κ3) is 2.66. The van der Waals surface area contributed by atoms with Crippen LogP contribution in [-0.2, 0) is 11.3 Å². The molecule has 0 aliphatic heterocycles. The number of anilines is 1. The Bertz CT molecular complexity index is 444. The third-order valence-electron chi connectivity index (χ3n) is 4.51. The summed E-state index contributed by atoms with van der Waals surface area (Å²) in [6.45, 7) is 3.96. The van der Waals surface area contributed by atoms with Gasteiger partial charge in [0.25, 0.3) is 0 Å². The van der Waals surface area contributed by atoms with Gasteiger partial charge in [-0.25, -0.2) is 0 Å². The van der Waals surface area contributed by atoms with Gasteiger partial charge >= 0.3 is 0 Å². The lowest BCUT2D eigenvalue weighted by atomic mass is 10.1. The fourth-order valence-electron chi connectivity index (χ4n) is 3.41. The molecule has 1 amide bonds. The summed E-state index contributed by atoms with van der Waals surface area (Å²) in [5, 5.41) is 6.35. The molecule has 2 fully saturated rings. The van der Waals surface area contributed by atoms with Crippen LogP contribution in [-0.4, -0.2) is 12.5 Å². The number of benzene rings is 1. The molecule has 3 heteroatoms. The van der Waals surface area contributed by atoms with Crippen LogP contribution in [0.5, 0.6) is 0 Å². The zero-order valence-corrected chi connectivity index (χ0v) is 11.5. The summed E-state index contributed by atoms with van der Waals surface area (Å²) in [4.78, 5) is 12.1. The molecule has 2 aliphatic rings. The van der Waals surface area contributed by atoms with Crippen molar-refractivity contribution in [2.24, 2.45) is 17.8 Å². The lowest BCUT2D eigenvalue weighted by Gasteiger charge is -2.08. The number of hydrogen-bond donors (Lipinski definition) is 2. The van der Waals surface area contributed by atoms with Gasteiger partial charge < -0.3 is 10.6 Å². The Morgan fingerprint density at radius 2 is 1.89 bits per heavy atom. The van der Waals surface area contributed by atoms with Gasteiger partial charge in [-0.3, -0.25) is 4.79 Å². The molecule has 2 saturated carbocycles. The average Bonchev–Trinajstić information content (AvgIpc) is 2.92. The fraction of sp³-hybridized carbons (Fsp3) is 0.562. The molecule has 0 aromatic heterocycles. The van der Waals surface area contributed by atoms with Gasteiger partial charge in [0.2, 0.25) is 5.91 Å². The first-order valence-corrected chi connectivity index (χ1v) is 7.40. The van der Waals surface area contributed by atoms with E-state index in [0.717, 1.165) is 18.8 Å². The van der Waals surface area contributed by atoms with Crippen molar-refractivity contribution in [2.75, 3.05) is 11.9 Å². The second-order valence-corrected chi connectivity index (χ2v) is 5.75. The Kier molecular flexibility index (Phi) is 3.56. The Morgan fingerprint density at radius 3 is 2.53 bits per heavy atom. The van der Waals surface area contributed by atoms with Crippen molar-refractivity contribution in [3.05, 3.63) is 29.8 Å². The molecule has 0 heterocycles. The highest BCUT2D eigenvalue weighted by Gasteiger charge is 2.56. The van der Waals surface area contributed by atoms with Crippen molar-refractivity contribution in [1.29, 1.82) is 0 Å². The zero-order valence-electron chi connectivity index (χ0n) is 11.5. The van der Waals surface area contributed by atoms with Gasteiger partial charge in [0.15, 0.2) is 0 Å². The minimum Gasteiger partial charge on any atom is -0.326 e. The van der Waals surface area contributed by atoms with Gasteiger partial charge in [-0.05, 0) is 48.9 Å². The minimum absolute atomic E-state index is 0.231. The van der Waals surface area contributed by atoms with E-state index in [1.54, 1.807) is 0 Å². The van der Waals surface area contributed by atoms with Crippen LogP contribution >= 0.6 is 0 Å². The highest BCUT2D eigenvalue weighted by atomic mass is 16.2. The molecule has 0 saturated heterocycles. The molecule has 19 heavy (non-hydrogen) atoms. The smallest absolute Gasteiger partial charge is 0.228 e. The second kappa shape index (κ2) is 5.33. The van der Waals surface area contributed by atoms with E-state index in [2.05, 4.69) is 29.7 Å². The van der Waals surface area contributed by atoms with E-state index in [1.807, 2.05) is 12.1 Å². The first kappa shape index (κ1) is 12.7. The topological polar surface area (TPSA) is 41.1 Å². The van der Waals surface area contributed by atoms with Gasteiger partial charge in [-0.2, -0.15) is 0 Å². The summed E-state index contributed by atoms with van der Waals surface area (Å²) in [6, 6.07) is 8.16. The molecule has 2 N–H and O–H groups in total. The maximum atomic E-state index is 12.1. The lowest BCUT2D eigenvalue weighted by molar-refractivity contribution is -0.118. The first-order valence-electron chi connectivity index (χ1n) is 7.40. The van der Waals surface area contributed by atoms with Gasteiger partial charge in [0.1, 0.15) is 0 Å². The van der Waals surface area contributed by atoms with Crippen LogP contribution in [0.25, 0.3) is 0 Å². The van der Waals surface area contributed by atoms with Crippen LogP contribution in [0, 0.1) is 17.8 Å². The molecule has 2 aliphatic carbocycles. The molecular formula is C16H22N2O. The van der Waals surface area contributed by atoms with Crippen LogP contribution in [0.2, 0.25) is 0 Å². The van der Waals surface area contributed by atoms with E-state index in [1.165, 1.54) is 24.8 Å². The lowest BCUT2D eigenvalue weighted by Crippen LogP contribution is -2.16. The summed E-state index contributed by atoms with van der Waals surface area (Å²) >= 11 is 0. The molecule has 1 aromatic carbocycles. The molecule has 3 nitrogen and oxygen atoms in total. The molecular weight excluding hydrogens is 236 g/mol. The number of fused-ring (bicyclic) bond motifs is 1. The number of amides is 1. The molecule has 0 radical (unpaired) electrons. The Labute approximate surface area is 114 Å². The number of carbonyl (C=O) groups excluding carboxylic acids is 1. The van der Waals surface area contributed by atoms with Gasteiger partial charge in [-0.1, -0.05) is 25.5 Å². The number of rotatable bonds is 5. The van der Waals surface area contributed by atoms with E-state index in [4.69, 9.17) is 0 Å². The highest BCUT2D eigenvalue weighted by Crippen LogP contribution is 2.57. The molecule has 2 atom stereocenters. The van der Waals surface area contributed by atoms with Crippen LogP contribution in [0.4, 0.5) is 5.69 Å². The predicted octanol–water partition coefficient (Wildman–Crippen LogP) is 2.78. The average molecular weight is 258 g/mol. The Hall–Kier alpha value is -1.35. The number of nitrogens with one attached hydrogen (secondary N) is 2. The second-order valence-electron chi connectivity index (χ2n) is 5.75. The molecule has 0 spiro atoms. The van der Waals surface area contributed by atoms with E-state index < -0.39 is 0 Å². The molecule has 1 aromatic rings. The molecule has 0 bridgehead atoms. The summed E-state index contributed by atoms with van der Waals surface area (Å²) in [6.07, 6.45) is 3.83. The standard InChI is InChI=1S/C16H22N2O/c1-2-17-10-11-6-8-12(9-7-11)18-16(19)15-13-4-3-5-14(13)15/h6-9,13-15,17H,2-5,10H2,1H3,(H,18,19). The van der Waals surface area contributed by atoms with Crippen molar-refractivity contribution in [3.63, 3.8) is 0 Å². The SMILES string of the molecule is CCNCc1ccc(NC(=O)C2C3CCCC32)cc1. The Morgan fingerprint density at radius 1 is 1.21 bits per heavy atom. The van der Waals surface area contributed by atoms with Gasteiger partial charge in [0.05, 0.1) is 0 Å². The molecule has 102 valence electrons. The normalized spacial score (nSPS) is 27.9. The summed E-state index contributed by atoms with van der Waals surface area (Å²) in [5.41, 5.74) is 2.18. The van der Waals surface area contributed by atoms with Crippen LogP contribution in [0.15, 0.2) is 24.3 Å². The third-order valence-corrected chi connectivity index (χ3v) is 4.51. The fourth-order valence-corrected chi connectivity index (χ4v) is 3.41. The molecule has 3 rings (SSSR count). The van der Waals surface area contributed by atoms with E-state index in [0.29, 0.717) is 17.8 Å². The summed E-state index contributed by atoms with van der Waals surface area (Å²) in [5.74, 6) is 1.91. The van der Waals surface area contributed by atoms with E-state index in [-0.39, 0.29) is 5.91 Å². The maximum absolute atomic E-state index is 12.1. The largest absolute Gasteiger partial charge is 0.326 e. The zero-order chi connectivity index (χ0) is 13.2. The number of hydrogen-bond acceptors (Lipinski definition) is 2. The van der Waals surface area contributed by atoms with Crippen LogP contribution in [0.1, 0.15) is 31.7 Å². The minimum atomic E-state index is 0.231. The first-order chi connectivity index (χ1) is 9.29. The Balaban J connectivity index is 1.53. The van der Waals surface area contributed by atoms with Crippen molar-refractivity contribution >= 4 is 11.6 Å². The van der Waals surface area contributed by atoms with Gasteiger partial charge in [0, 0.05) is 18.2 Å².